The summed E-state index contributed by atoms with van der Waals surface area (Å²) in [6, 6.07) is 11.0. The van der Waals surface area contributed by atoms with Crippen molar-refractivity contribution in [1.29, 1.82) is 0 Å². The van der Waals surface area contributed by atoms with Gasteiger partial charge in [-0.2, -0.15) is 34.0 Å². The Morgan fingerprint density at radius 3 is 1.67 bits per heavy atom. The molecule has 3 rings (SSSR count). The Balaban J connectivity index is 2.32. The van der Waals surface area contributed by atoms with Crippen LogP contribution >= 0.6 is 10.3 Å². The number of hydrogen-bond donors (Lipinski definition) is 0. The number of rotatable bonds is 3. The van der Waals surface area contributed by atoms with Crippen molar-refractivity contribution in [2.24, 2.45) is 0 Å². The highest BCUT2D eigenvalue weighted by Crippen LogP contribution is 2.76. The van der Waals surface area contributed by atoms with E-state index in [-0.39, 0.29) is 20.9 Å². The first-order chi connectivity index (χ1) is 11.1. The lowest BCUT2D eigenvalue weighted by molar-refractivity contribution is -0.0497. The molecule has 2 aromatic rings. The van der Waals surface area contributed by atoms with Crippen LogP contribution < -0.4 is 0 Å². The van der Waals surface area contributed by atoms with E-state index in [1.165, 1.54) is 48.5 Å². The Hall–Kier alpha value is -1.65. The minimum Gasteiger partial charge on any atom is -0.199 e. The zero-order valence-corrected chi connectivity index (χ0v) is 13.3. The molecule has 0 spiro atoms. The molecule has 3 nitrogen and oxygen atoms in total. The van der Waals surface area contributed by atoms with E-state index in [9.17, 15) is 30.4 Å². The van der Waals surface area contributed by atoms with Crippen LogP contribution in [0.25, 0.3) is 11.1 Å². The molecule has 2 aromatic carbocycles. The quantitative estimate of drug-likeness (QED) is 0.559. The number of halogens is 5. The zero-order valence-electron chi connectivity index (χ0n) is 11.6. The minimum atomic E-state index is -6.21. The molecule has 0 aromatic heterocycles. The van der Waals surface area contributed by atoms with Crippen molar-refractivity contribution in [3.8, 4) is 11.1 Å². The van der Waals surface area contributed by atoms with Gasteiger partial charge in [0, 0.05) is 20.1 Å². The van der Waals surface area contributed by atoms with E-state index in [2.05, 4.69) is 3.63 Å². The van der Waals surface area contributed by atoms with Crippen molar-refractivity contribution in [3.63, 3.8) is 0 Å². The summed E-state index contributed by atoms with van der Waals surface area (Å²) in [6.07, 6.45) is 0. The largest absolute Gasteiger partial charge is 0.523 e. The van der Waals surface area contributed by atoms with Gasteiger partial charge in [-0.3, -0.25) is 0 Å². The first-order valence-electron chi connectivity index (χ1n) is 6.42. The highest BCUT2D eigenvalue weighted by atomic mass is 32.3. The van der Waals surface area contributed by atoms with Crippen molar-refractivity contribution in [2.45, 2.75) is 21.1 Å². The van der Waals surface area contributed by atoms with Gasteiger partial charge in [0.05, 0.1) is 0 Å². The lowest BCUT2D eigenvalue weighted by Gasteiger charge is -2.35. The second kappa shape index (κ2) is 5.43. The van der Waals surface area contributed by atoms with Crippen LogP contribution in [0.15, 0.2) is 58.3 Å². The highest BCUT2D eigenvalue weighted by molar-refractivity contribution is 8.33. The van der Waals surface area contributed by atoms with Gasteiger partial charge < -0.3 is 0 Å². The maximum absolute atomic E-state index is 14.0. The number of alkyl halides is 5. The van der Waals surface area contributed by atoms with Gasteiger partial charge in [-0.05, 0) is 23.3 Å². The molecule has 0 saturated carbocycles. The summed E-state index contributed by atoms with van der Waals surface area (Å²) in [5.74, 6) is -3.46. The van der Waals surface area contributed by atoms with E-state index >= 15 is 0 Å². The van der Waals surface area contributed by atoms with E-state index in [0.717, 1.165) is 0 Å². The van der Waals surface area contributed by atoms with Crippen LogP contribution in [0.3, 0.4) is 0 Å². The maximum Gasteiger partial charge on any atom is 0.523 e. The van der Waals surface area contributed by atoms with Crippen molar-refractivity contribution < 1.29 is 34.0 Å². The predicted octanol–water partition coefficient (Wildman–Crippen LogP) is 4.89. The van der Waals surface area contributed by atoms with Gasteiger partial charge in [0.1, 0.15) is 0 Å². The molecule has 0 amide bonds. The van der Waals surface area contributed by atoms with E-state index in [1.807, 2.05) is 0 Å². The first kappa shape index (κ1) is 17.2. The minimum absolute atomic E-state index is 0.237. The summed E-state index contributed by atoms with van der Waals surface area (Å²) in [5.41, 5.74) is -5.32. The summed E-state index contributed by atoms with van der Waals surface area (Å²) in [6.45, 7) is 0. The zero-order chi connectivity index (χ0) is 17.8. The normalized spacial score (nSPS) is 17.4. The number of benzene rings is 2. The molecule has 1 aliphatic heterocycles. The summed E-state index contributed by atoms with van der Waals surface area (Å²) in [4.78, 5) is -0.483. The van der Waals surface area contributed by atoms with Crippen molar-refractivity contribution in [2.75, 3.05) is 0 Å². The maximum atomic E-state index is 14.0. The highest BCUT2D eigenvalue weighted by Gasteiger charge is 2.57. The van der Waals surface area contributed by atoms with Gasteiger partial charge in [-0.15, -0.1) is 0 Å². The molecule has 0 unspecified atom stereocenters. The Morgan fingerprint density at radius 1 is 0.875 bits per heavy atom. The monoisotopic (exact) mass is 384 g/mol. The Morgan fingerprint density at radius 2 is 1.29 bits per heavy atom. The van der Waals surface area contributed by atoms with Crippen LogP contribution in [0.4, 0.5) is 22.0 Å². The number of hydrogen-bond acceptors (Lipinski definition) is 3. The summed E-state index contributed by atoms with van der Waals surface area (Å²) in [7, 11) is -10.4. The first-order valence-corrected chi connectivity index (χ1v) is 9.45. The standard InChI is InChI=1S/C14H9F5O3S2/c15-13(16)23(22-24(20,21)14(17,18)19)11-7-3-1-5-9(11)10-6-2-4-8-12(10)23/h1-8,13H. The second-order valence-corrected chi connectivity index (χ2v) is 9.17. The van der Waals surface area contributed by atoms with Crippen molar-refractivity contribution >= 4 is 20.4 Å². The van der Waals surface area contributed by atoms with Crippen molar-refractivity contribution in [1.82, 2.24) is 0 Å². The third-order valence-electron chi connectivity index (χ3n) is 3.45. The van der Waals surface area contributed by atoms with Crippen molar-refractivity contribution in [3.05, 3.63) is 48.5 Å². The lowest BCUT2D eigenvalue weighted by atomic mass is 10.1. The Labute approximate surface area is 135 Å². The molecular formula is C14H9F5O3S2. The van der Waals surface area contributed by atoms with Gasteiger partial charge in [0.15, 0.2) is 0 Å². The SMILES string of the molecule is O=S(=O)(OS1(C(F)F)c2ccccc2-c2ccccc21)C(F)(F)F. The predicted molar refractivity (Wildman–Crippen MR) is 78.1 cm³/mol. The van der Waals surface area contributed by atoms with E-state index in [0.29, 0.717) is 0 Å². The van der Waals surface area contributed by atoms with Crippen LogP contribution in [0, 0.1) is 0 Å². The molecule has 0 atom stereocenters. The third-order valence-corrected chi connectivity index (χ3v) is 8.11. The fraction of sp³-hybridized carbons (Fsp3) is 0.143. The topological polar surface area (TPSA) is 43.4 Å². The molecule has 10 heteroatoms. The molecule has 0 saturated heterocycles. The molecule has 0 radical (unpaired) electrons. The molecule has 0 fully saturated rings. The lowest BCUT2D eigenvalue weighted by Crippen LogP contribution is -2.28. The Kier molecular flexibility index (Phi) is 3.89. The van der Waals surface area contributed by atoms with E-state index in [1.54, 1.807) is 0 Å². The molecule has 130 valence electrons. The molecular weight excluding hydrogens is 375 g/mol. The van der Waals surface area contributed by atoms with Crippen LogP contribution in [-0.2, 0) is 13.7 Å². The third kappa shape index (κ3) is 2.32. The van der Waals surface area contributed by atoms with Gasteiger partial charge in [-0.1, -0.05) is 36.4 Å². The van der Waals surface area contributed by atoms with Gasteiger partial charge in [0.25, 0.3) is 5.76 Å². The van der Waals surface area contributed by atoms with Crippen LogP contribution in [0.1, 0.15) is 0 Å². The van der Waals surface area contributed by atoms with E-state index in [4.69, 9.17) is 0 Å². The molecule has 1 heterocycles. The molecule has 0 aliphatic carbocycles. The fourth-order valence-electron chi connectivity index (χ4n) is 2.50. The van der Waals surface area contributed by atoms with Crippen LogP contribution in [-0.4, -0.2) is 19.7 Å². The van der Waals surface area contributed by atoms with Crippen LogP contribution in [0.2, 0.25) is 0 Å². The molecule has 1 aliphatic rings. The van der Waals surface area contributed by atoms with Crippen LogP contribution in [0.5, 0.6) is 0 Å². The average molecular weight is 384 g/mol. The fourth-order valence-corrected chi connectivity index (χ4v) is 6.96. The second-order valence-electron chi connectivity index (χ2n) is 4.82. The molecule has 0 bridgehead atoms. The summed E-state index contributed by atoms with van der Waals surface area (Å²) >= 11 is 0. The summed E-state index contributed by atoms with van der Waals surface area (Å²) < 4.78 is 93.3. The van der Waals surface area contributed by atoms with Gasteiger partial charge in [-0.25, -0.2) is 0 Å². The van der Waals surface area contributed by atoms with Gasteiger partial charge >= 0.3 is 15.6 Å². The summed E-state index contributed by atoms with van der Waals surface area (Å²) in [5, 5.41) is 0. The molecule has 0 N–H and O–H groups in total. The smallest absolute Gasteiger partial charge is 0.199 e. The Bertz CT molecular complexity index is 848. The van der Waals surface area contributed by atoms with E-state index < -0.39 is 31.7 Å². The number of fused-ring (bicyclic) bond motifs is 3. The molecule has 24 heavy (non-hydrogen) atoms. The average Bonchev–Trinajstić information content (AvgIpc) is 2.78. The van der Waals surface area contributed by atoms with Gasteiger partial charge in [0.2, 0.25) is 0 Å².